The van der Waals surface area contributed by atoms with Gasteiger partial charge in [-0.15, -0.1) is 0 Å². The van der Waals surface area contributed by atoms with E-state index >= 15 is 0 Å². The van der Waals surface area contributed by atoms with Crippen molar-refractivity contribution in [2.45, 2.75) is 167 Å². The summed E-state index contributed by atoms with van der Waals surface area (Å²) in [6, 6.07) is -0.859. The summed E-state index contributed by atoms with van der Waals surface area (Å²) in [6.07, 6.45) is 60.5. The van der Waals surface area contributed by atoms with Crippen LogP contribution < -0.4 is 5.32 Å². The summed E-state index contributed by atoms with van der Waals surface area (Å²) >= 11 is 0. The van der Waals surface area contributed by atoms with Crippen LogP contribution in [0.5, 0.6) is 0 Å². The lowest BCUT2D eigenvalue weighted by molar-refractivity contribution is -0.870. The number of phosphoric ester groups is 1. The second-order valence-electron chi connectivity index (χ2n) is 16.4. The summed E-state index contributed by atoms with van der Waals surface area (Å²) in [4.78, 5) is 23.0. The summed E-state index contributed by atoms with van der Waals surface area (Å²) in [7, 11) is 1.54. The molecule has 342 valence electrons. The highest BCUT2D eigenvalue weighted by molar-refractivity contribution is 7.47. The third-order valence-electron chi connectivity index (χ3n) is 9.50. The first-order valence-corrected chi connectivity index (χ1v) is 24.8. The van der Waals surface area contributed by atoms with Gasteiger partial charge in [0.15, 0.2) is 0 Å². The van der Waals surface area contributed by atoms with Crippen LogP contribution in [0, 0.1) is 0 Å². The van der Waals surface area contributed by atoms with E-state index < -0.39 is 20.0 Å². The number of hydrogen-bond donors (Lipinski definition) is 3. The lowest BCUT2D eigenvalue weighted by atomic mass is 10.1. The van der Waals surface area contributed by atoms with Crippen molar-refractivity contribution in [3.05, 3.63) is 109 Å². The third-order valence-corrected chi connectivity index (χ3v) is 10.5. The highest BCUT2D eigenvalue weighted by Crippen LogP contribution is 2.43. The van der Waals surface area contributed by atoms with Crippen LogP contribution in [0.2, 0.25) is 0 Å². The first-order valence-electron chi connectivity index (χ1n) is 23.3. The highest BCUT2D eigenvalue weighted by Gasteiger charge is 2.27. The predicted molar refractivity (Wildman–Crippen MR) is 258 cm³/mol. The van der Waals surface area contributed by atoms with E-state index in [1.165, 1.54) is 32.1 Å². The lowest BCUT2D eigenvalue weighted by Crippen LogP contribution is -2.45. The summed E-state index contributed by atoms with van der Waals surface area (Å²) in [6.45, 7) is 4.59. The van der Waals surface area contributed by atoms with Crippen LogP contribution in [-0.2, 0) is 18.4 Å². The topological polar surface area (TPSA) is 105 Å². The van der Waals surface area contributed by atoms with Gasteiger partial charge in [0, 0.05) is 6.42 Å². The van der Waals surface area contributed by atoms with Crippen molar-refractivity contribution < 1.29 is 32.9 Å². The minimum absolute atomic E-state index is 0.0515. The Kier molecular flexibility index (Phi) is 39.5. The fourth-order valence-corrected chi connectivity index (χ4v) is 6.55. The number of phosphoric acid groups is 1. The van der Waals surface area contributed by atoms with Crippen molar-refractivity contribution in [1.29, 1.82) is 0 Å². The molecule has 0 aromatic heterocycles. The molecule has 1 amide bonds. The zero-order valence-corrected chi connectivity index (χ0v) is 39.5. The second kappa shape index (κ2) is 41.5. The van der Waals surface area contributed by atoms with Crippen LogP contribution in [0.15, 0.2) is 109 Å². The van der Waals surface area contributed by atoms with Gasteiger partial charge in [-0.05, 0) is 83.5 Å². The Balaban J connectivity index is 4.17. The Bertz CT molecular complexity index is 1340. The number of nitrogens with one attached hydrogen (secondary N) is 1. The van der Waals surface area contributed by atoms with Crippen molar-refractivity contribution in [2.24, 2.45) is 0 Å². The summed E-state index contributed by atoms with van der Waals surface area (Å²) in [5.74, 6) is -0.203. The van der Waals surface area contributed by atoms with Crippen molar-refractivity contribution in [2.75, 3.05) is 40.9 Å². The van der Waals surface area contributed by atoms with Gasteiger partial charge in [0.2, 0.25) is 5.91 Å². The van der Waals surface area contributed by atoms with Crippen LogP contribution in [0.4, 0.5) is 0 Å². The quantitative estimate of drug-likeness (QED) is 0.0245. The van der Waals surface area contributed by atoms with E-state index in [1.807, 2.05) is 27.2 Å². The van der Waals surface area contributed by atoms with Crippen LogP contribution in [-0.4, -0.2) is 73.4 Å². The molecule has 0 aromatic carbocycles. The minimum atomic E-state index is -4.34. The lowest BCUT2D eigenvalue weighted by Gasteiger charge is -2.25. The molecule has 0 aliphatic rings. The molecule has 0 saturated heterocycles. The van der Waals surface area contributed by atoms with Crippen LogP contribution in [0.1, 0.15) is 155 Å². The fourth-order valence-electron chi connectivity index (χ4n) is 5.82. The van der Waals surface area contributed by atoms with Crippen LogP contribution in [0.3, 0.4) is 0 Å². The molecule has 3 unspecified atom stereocenters. The number of hydrogen-bond acceptors (Lipinski definition) is 5. The molecule has 0 fully saturated rings. The molecule has 0 radical (unpaired) electrons. The largest absolute Gasteiger partial charge is 0.472 e. The number of allylic oxidation sites excluding steroid dienone is 17. The minimum Gasteiger partial charge on any atom is -0.387 e. The first-order chi connectivity index (χ1) is 29.0. The van der Waals surface area contributed by atoms with Gasteiger partial charge in [0.25, 0.3) is 0 Å². The fraction of sp³-hybridized carbons (Fsp3) is 0.627. The van der Waals surface area contributed by atoms with E-state index in [1.54, 1.807) is 6.08 Å². The van der Waals surface area contributed by atoms with Crippen molar-refractivity contribution >= 4 is 13.7 Å². The van der Waals surface area contributed by atoms with Gasteiger partial charge >= 0.3 is 7.82 Å². The number of aliphatic hydroxyl groups is 1. The van der Waals surface area contributed by atoms with Gasteiger partial charge in [-0.1, -0.05) is 175 Å². The van der Waals surface area contributed by atoms with Gasteiger partial charge in [-0.2, -0.15) is 0 Å². The molecule has 0 rings (SSSR count). The maximum atomic E-state index is 12.8. The number of likely N-dealkylation sites (N-methyl/N-ethyl adjacent to an activating group) is 1. The smallest absolute Gasteiger partial charge is 0.387 e. The average Bonchev–Trinajstić information content (AvgIpc) is 3.20. The van der Waals surface area contributed by atoms with Crippen LogP contribution >= 0.6 is 7.82 Å². The number of aliphatic hydroxyl groups excluding tert-OH is 1. The van der Waals surface area contributed by atoms with Gasteiger partial charge in [-0.3, -0.25) is 13.8 Å². The van der Waals surface area contributed by atoms with Crippen molar-refractivity contribution in [1.82, 2.24) is 5.32 Å². The van der Waals surface area contributed by atoms with E-state index in [4.69, 9.17) is 9.05 Å². The molecule has 3 atom stereocenters. The predicted octanol–water partition coefficient (Wildman–Crippen LogP) is 13.3. The molecular formula is C51H88N2O6P+. The van der Waals surface area contributed by atoms with E-state index in [0.29, 0.717) is 17.4 Å². The van der Waals surface area contributed by atoms with Crippen molar-refractivity contribution in [3.8, 4) is 0 Å². The van der Waals surface area contributed by atoms with E-state index in [9.17, 15) is 19.4 Å². The molecule has 3 N–H and O–H groups in total. The Hall–Kier alpha value is -2.84. The molecule has 0 heterocycles. The van der Waals surface area contributed by atoms with E-state index in [2.05, 4.69) is 116 Å². The Morgan fingerprint density at radius 2 is 1.00 bits per heavy atom. The molecular weight excluding hydrogens is 768 g/mol. The molecule has 60 heavy (non-hydrogen) atoms. The zero-order valence-electron chi connectivity index (χ0n) is 38.6. The Labute approximate surface area is 368 Å². The van der Waals surface area contributed by atoms with Gasteiger partial charge < -0.3 is 19.8 Å². The summed E-state index contributed by atoms with van der Waals surface area (Å²) in [5.41, 5.74) is 0. The van der Waals surface area contributed by atoms with Gasteiger partial charge in [0.05, 0.1) is 39.9 Å². The molecule has 0 saturated carbocycles. The van der Waals surface area contributed by atoms with Gasteiger partial charge in [-0.25, -0.2) is 4.57 Å². The average molecular weight is 856 g/mol. The SMILES string of the molecule is CC/C=C\C/C=C\C/C=C\C/C=C\C/C=C\C/C=C\C/C=C\C/C=C\CCCCCCCCC(=O)NC(COP(=O)(O)OCC[N+](C)(C)C)C(O)/C=C/CCCCCCC. The third kappa shape index (κ3) is 43.3. The molecule has 0 spiro atoms. The van der Waals surface area contributed by atoms with Crippen molar-refractivity contribution in [3.63, 3.8) is 0 Å². The molecule has 0 aliphatic heterocycles. The summed E-state index contributed by atoms with van der Waals surface area (Å²) in [5, 5.41) is 13.7. The zero-order chi connectivity index (χ0) is 44.3. The summed E-state index contributed by atoms with van der Waals surface area (Å²) < 4.78 is 23.4. The molecule has 0 bridgehead atoms. The second-order valence-corrected chi connectivity index (χ2v) is 17.9. The number of nitrogens with zero attached hydrogens (tertiary/aromatic N) is 1. The normalized spacial score (nSPS) is 15.2. The maximum Gasteiger partial charge on any atom is 0.472 e. The number of amides is 1. The molecule has 8 nitrogen and oxygen atoms in total. The van der Waals surface area contributed by atoms with E-state index in [-0.39, 0.29) is 19.1 Å². The highest BCUT2D eigenvalue weighted by atomic mass is 31.2. The molecule has 0 aromatic rings. The number of rotatable bonds is 40. The standard InChI is InChI=1S/C51H87N2O6P/c1-6-8-10-12-14-15-16-17-18-19-20-21-22-23-24-25-26-27-28-29-30-31-32-33-34-35-36-37-39-41-43-45-51(55)52-49(50(54)44-42-40-38-13-11-9-7-2)48-59-60(56,57)58-47-46-53(3,4)5/h8,10,14-15,17-18,20-21,23-24,26-27,29-30,32-33,42,44,49-50,54H,6-7,9,11-13,16,19,22,25,28,31,34-41,43,45-48H2,1-5H3,(H-,52,55,56,57)/p+1/b10-8-,15-14-,18-17-,21-20-,24-23-,27-26-,30-29-,33-32-,44-42+. The number of quaternary nitrogens is 1. The van der Waals surface area contributed by atoms with Gasteiger partial charge in [0.1, 0.15) is 13.2 Å². The Morgan fingerprint density at radius 3 is 1.47 bits per heavy atom. The monoisotopic (exact) mass is 856 g/mol. The number of unbranched alkanes of at least 4 members (excludes halogenated alkanes) is 11. The van der Waals surface area contributed by atoms with E-state index in [0.717, 1.165) is 103 Å². The first kappa shape index (κ1) is 57.2. The number of carbonyl (C=O) groups excluding carboxylic acids is 1. The number of carbonyl (C=O) groups is 1. The maximum absolute atomic E-state index is 12.8. The molecule has 9 heteroatoms. The Morgan fingerprint density at radius 1 is 0.583 bits per heavy atom. The van der Waals surface area contributed by atoms with Crippen LogP contribution in [0.25, 0.3) is 0 Å². The molecule has 0 aliphatic carbocycles.